The highest BCUT2D eigenvalue weighted by Crippen LogP contribution is 2.28. The Morgan fingerprint density at radius 3 is 2.46 bits per heavy atom. The molecule has 8 heteroatoms. The van der Waals surface area contributed by atoms with Gasteiger partial charge in [-0.25, -0.2) is 4.79 Å². The number of aryl methyl sites for hydroxylation is 2. The molecule has 0 bridgehead atoms. The van der Waals surface area contributed by atoms with Gasteiger partial charge in [-0.3, -0.25) is 13.9 Å². The highest BCUT2D eigenvalue weighted by Gasteiger charge is 2.17. The van der Waals surface area contributed by atoms with Gasteiger partial charge in [0, 0.05) is 24.8 Å². The standard InChI is InChI=1S/C18H17Cl2N3O3/c1-10(26-16-7-4-11(19)8-13(16)20)17(24)21-12-5-6-14-15(9-12)23(3)18(25)22(14)2/h4-10H,1-3H3,(H,21,24). The lowest BCUT2D eigenvalue weighted by molar-refractivity contribution is -0.122. The highest BCUT2D eigenvalue weighted by atomic mass is 35.5. The van der Waals surface area contributed by atoms with E-state index in [1.807, 2.05) is 0 Å². The molecule has 0 saturated heterocycles. The van der Waals surface area contributed by atoms with E-state index in [1.54, 1.807) is 62.0 Å². The summed E-state index contributed by atoms with van der Waals surface area (Å²) in [6.07, 6.45) is -0.774. The van der Waals surface area contributed by atoms with Gasteiger partial charge in [-0.1, -0.05) is 23.2 Å². The first kappa shape index (κ1) is 18.4. The molecule has 0 fully saturated rings. The fraction of sp³-hybridized carbons (Fsp3) is 0.222. The zero-order valence-electron chi connectivity index (χ0n) is 14.4. The van der Waals surface area contributed by atoms with E-state index in [-0.39, 0.29) is 11.6 Å². The van der Waals surface area contributed by atoms with E-state index < -0.39 is 6.10 Å². The third-order valence-electron chi connectivity index (χ3n) is 4.11. The van der Waals surface area contributed by atoms with E-state index in [9.17, 15) is 9.59 Å². The lowest BCUT2D eigenvalue weighted by Crippen LogP contribution is -2.30. The smallest absolute Gasteiger partial charge is 0.328 e. The van der Waals surface area contributed by atoms with Crippen molar-refractivity contribution in [2.75, 3.05) is 5.32 Å². The number of nitrogens with one attached hydrogen (secondary N) is 1. The van der Waals surface area contributed by atoms with Crippen LogP contribution < -0.4 is 15.7 Å². The van der Waals surface area contributed by atoms with Crippen LogP contribution in [0.1, 0.15) is 6.92 Å². The van der Waals surface area contributed by atoms with Crippen LogP contribution in [0.15, 0.2) is 41.2 Å². The number of ether oxygens (including phenoxy) is 1. The number of nitrogens with zero attached hydrogens (tertiary/aromatic N) is 2. The Morgan fingerprint density at radius 2 is 1.77 bits per heavy atom. The zero-order valence-corrected chi connectivity index (χ0v) is 15.9. The summed E-state index contributed by atoms with van der Waals surface area (Å²) in [6, 6.07) is 10.1. The molecular weight excluding hydrogens is 377 g/mol. The number of anilines is 1. The van der Waals surface area contributed by atoms with Gasteiger partial charge < -0.3 is 10.1 Å². The van der Waals surface area contributed by atoms with Gasteiger partial charge in [0.2, 0.25) is 0 Å². The molecule has 0 aliphatic carbocycles. The first-order valence-corrected chi connectivity index (χ1v) is 8.61. The Balaban J connectivity index is 1.77. The van der Waals surface area contributed by atoms with Gasteiger partial charge in [0.25, 0.3) is 5.91 Å². The van der Waals surface area contributed by atoms with E-state index >= 15 is 0 Å². The molecule has 2 aromatic carbocycles. The van der Waals surface area contributed by atoms with E-state index in [0.717, 1.165) is 11.0 Å². The Labute approximate surface area is 159 Å². The predicted molar refractivity (Wildman–Crippen MR) is 103 cm³/mol. The molecule has 1 atom stereocenters. The maximum Gasteiger partial charge on any atom is 0.328 e. The summed E-state index contributed by atoms with van der Waals surface area (Å²) in [5.41, 5.74) is 1.95. The number of hydrogen-bond donors (Lipinski definition) is 1. The predicted octanol–water partition coefficient (Wildman–Crippen LogP) is 3.59. The number of carbonyl (C=O) groups is 1. The van der Waals surface area contributed by atoms with Crippen molar-refractivity contribution in [1.29, 1.82) is 0 Å². The average molecular weight is 394 g/mol. The van der Waals surface area contributed by atoms with E-state index in [0.29, 0.717) is 21.5 Å². The van der Waals surface area contributed by atoms with Gasteiger partial charge in [-0.2, -0.15) is 0 Å². The molecule has 1 unspecified atom stereocenters. The summed E-state index contributed by atoms with van der Waals surface area (Å²) in [4.78, 5) is 24.4. The largest absolute Gasteiger partial charge is 0.479 e. The molecule has 1 N–H and O–H groups in total. The highest BCUT2D eigenvalue weighted by molar-refractivity contribution is 6.35. The van der Waals surface area contributed by atoms with Gasteiger partial charge in [-0.05, 0) is 43.3 Å². The van der Waals surface area contributed by atoms with Crippen molar-refractivity contribution in [3.05, 3.63) is 56.9 Å². The minimum absolute atomic E-state index is 0.127. The third kappa shape index (κ3) is 3.43. The van der Waals surface area contributed by atoms with Crippen molar-refractivity contribution in [3.8, 4) is 5.75 Å². The van der Waals surface area contributed by atoms with Crippen LogP contribution in [-0.2, 0) is 18.9 Å². The monoisotopic (exact) mass is 393 g/mol. The number of fused-ring (bicyclic) bond motifs is 1. The summed E-state index contributed by atoms with van der Waals surface area (Å²) >= 11 is 11.9. The van der Waals surface area contributed by atoms with Crippen molar-refractivity contribution in [3.63, 3.8) is 0 Å². The summed E-state index contributed by atoms with van der Waals surface area (Å²) in [5.74, 6) is 0.0379. The Hall–Kier alpha value is -2.44. The zero-order chi connectivity index (χ0) is 19.0. The van der Waals surface area contributed by atoms with E-state index in [4.69, 9.17) is 27.9 Å². The fourth-order valence-corrected chi connectivity index (χ4v) is 3.10. The number of imidazole rings is 1. The molecule has 1 aromatic heterocycles. The van der Waals surface area contributed by atoms with Crippen LogP contribution in [0, 0.1) is 0 Å². The Bertz CT molecular complexity index is 1060. The van der Waals surface area contributed by atoms with Gasteiger partial charge in [0.15, 0.2) is 6.10 Å². The first-order valence-electron chi connectivity index (χ1n) is 7.86. The minimum atomic E-state index is -0.774. The van der Waals surface area contributed by atoms with Crippen molar-refractivity contribution < 1.29 is 9.53 Å². The number of carbonyl (C=O) groups excluding carboxylic acids is 1. The molecule has 0 spiro atoms. The van der Waals surface area contributed by atoms with Crippen LogP contribution in [0.25, 0.3) is 11.0 Å². The maximum atomic E-state index is 12.4. The third-order valence-corrected chi connectivity index (χ3v) is 4.64. The van der Waals surface area contributed by atoms with Crippen molar-refractivity contribution in [2.45, 2.75) is 13.0 Å². The van der Waals surface area contributed by atoms with Gasteiger partial charge >= 0.3 is 5.69 Å². The molecule has 26 heavy (non-hydrogen) atoms. The number of hydrogen-bond acceptors (Lipinski definition) is 3. The number of aromatic nitrogens is 2. The SMILES string of the molecule is CC(Oc1ccc(Cl)cc1Cl)C(=O)Nc1ccc2c(c1)n(C)c(=O)n2C. The van der Waals surface area contributed by atoms with Gasteiger partial charge in [0.05, 0.1) is 16.1 Å². The van der Waals surface area contributed by atoms with Gasteiger partial charge in [0.1, 0.15) is 5.75 Å². The second-order valence-corrected chi connectivity index (χ2v) is 6.77. The van der Waals surface area contributed by atoms with Crippen molar-refractivity contribution >= 4 is 45.8 Å². The first-order chi connectivity index (χ1) is 12.3. The van der Waals surface area contributed by atoms with Gasteiger partial charge in [-0.15, -0.1) is 0 Å². The van der Waals surface area contributed by atoms with Crippen molar-refractivity contribution in [2.24, 2.45) is 14.1 Å². The minimum Gasteiger partial charge on any atom is -0.479 e. The number of amides is 1. The molecule has 136 valence electrons. The van der Waals surface area contributed by atoms with Crippen molar-refractivity contribution in [1.82, 2.24) is 9.13 Å². The van der Waals surface area contributed by atoms with Crippen LogP contribution >= 0.6 is 23.2 Å². The summed E-state index contributed by atoms with van der Waals surface area (Å²) in [5, 5.41) is 3.60. The maximum absolute atomic E-state index is 12.4. The molecule has 0 saturated carbocycles. The normalized spacial score (nSPS) is 12.2. The number of rotatable bonds is 4. The molecule has 0 radical (unpaired) electrons. The molecule has 0 aliphatic rings. The lowest BCUT2D eigenvalue weighted by atomic mass is 10.2. The molecule has 3 rings (SSSR count). The Kier molecular flexibility index (Phi) is 4.98. The van der Waals surface area contributed by atoms with E-state index in [1.165, 1.54) is 4.57 Å². The van der Waals surface area contributed by atoms with Crippen LogP contribution in [0.3, 0.4) is 0 Å². The van der Waals surface area contributed by atoms with E-state index in [2.05, 4.69) is 5.32 Å². The fourth-order valence-electron chi connectivity index (χ4n) is 2.64. The second kappa shape index (κ2) is 7.05. The molecule has 3 aromatic rings. The molecule has 0 aliphatic heterocycles. The summed E-state index contributed by atoms with van der Waals surface area (Å²) in [7, 11) is 3.39. The number of halogens is 2. The lowest BCUT2D eigenvalue weighted by Gasteiger charge is -2.16. The Morgan fingerprint density at radius 1 is 1.08 bits per heavy atom. The van der Waals surface area contributed by atoms with Crippen LogP contribution in [0.5, 0.6) is 5.75 Å². The molecule has 1 heterocycles. The molecule has 1 amide bonds. The average Bonchev–Trinajstić information content (AvgIpc) is 2.81. The topological polar surface area (TPSA) is 65.3 Å². The second-order valence-electron chi connectivity index (χ2n) is 5.93. The summed E-state index contributed by atoms with van der Waals surface area (Å²) in [6.45, 7) is 1.62. The van der Waals surface area contributed by atoms with Crippen LogP contribution in [0.4, 0.5) is 5.69 Å². The van der Waals surface area contributed by atoms with Crippen LogP contribution in [0.2, 0.25) is 10.0 Å². The quantitative estimate of drug-likeness (QED) is 0.736. The number of benzene rings is 2. The van der Waals surface area contributed by atoms with Crippen LogP contribution in [-0.4, -0.2) is 21.1 Å². The molecule has 6 nitrogen and oxygen atoms in total. The molecular formula is C18H17Cl2N3O3. The summed E-state index contributed by atoms with van der Waals surface area (Å²) < 4.78 is 8.68.